The van der Waals surface area contributed by atoms with E-state index in [2.05, 4.69) is 10.3 Å². The number of aryl methyl sites for hydroxylation is 1. The van der Waals surface area contributed by atoms with Crippen molar-refractivity contribution in [1.29, 1.82) is 0 Å². The molecule has 1 aromatic heterocycles. The van der Waals surface area contributed by atoms with Gasteiger partial charge in [-0.25, -0.2) is 9.78 Å². The smallest absolute Gasteiger partial charge is 0.339 e. The Labute approximate surface area is 190 Å². The van der Waals surface area contributed by atoms with Gasteiger partial charge in [0.05, 0.1) is 36.2 Å². The third-order valence-electron chi connectivity index (χ3n) is 4.44. The first-order valence-corrected chi connectivity index (χ1v) is 10.6. The fourth-order valence-electron chi connectivity index (χ4n) is 2.77. The zero-order valence-electron chi connectivity index (χ0n) is 18.2. The van der Waals surface area contributed by atoms with E-state index in [1.165, 1.54) is 21.1 Å². The predicted octanol–water partition coefficient (Wildman–Crippen LogP) is 4.23. The first-order chi connectivity index (χ1) is 15.4. The Balaban J connectivity index is 1.61. The Morgan fingerprint density at radius 3 is 2.59 bits per heavy atom. The topological polar surface area (TPSA) is 96.0 Å². The second kappa shape index (κ2) is 10.6. The van der Waals surface area contributed by atoms with Crippen molar-refractivity contribution in [2.45, 2.75) is 26.6 Å². The molecule has 0 spiro atoms. The average Bonchev–Trinajstić information content (AvgIpc) is 3.22. The minimum atomic E-state index is -1.04. The lowest BCUT2D eigenvalue weighted by molar-refractivity contribution is -0.123. The number of methoxy groups -OCH3 is 2. The summed E-state index contributed by atoms with van der Waals surface area (Å²) in [6.45, 7) is 3.71. The standard InChI is InChI=1S/C23H24N2O6S/c1-14(22(26)25-20-11-18(28-3)8-9-21(20)29-4)31-23(27)16-6-5-7-19(10-16)30-12-17-13-32-15(2)24-17/h5-11,13-14H,12H2,1-4H3,(H,25,26). The van der Waals surface area contributed by atoms with Gasteiger partial charge in [-0.2, -0.15) is 0 Å². The molecule has 1 amide bonds. The van der Waals surface area contributed by atoms with Crippen LogP contribution in [0.2, 0.25) is 0 Å². The lowest BCUT2D eigenvalue weighted by Crippen LogP contribution is -2.30. The molecule has 0 aliphatic carbocycles. The Morgan fingerprint density at radius 1 is 1.09 bits per heavy atom. The van der Waals surface area contributed by atoms with E-state index in [1.54, 1.807) is 53.8 Å². The lowest BCUT2D eigenvalue weighted by atomic mass is 10.2. The van der Waals surface area contributed by atoms with Gasteiger partial charge in [-0.05, 0) is 44.2 Å². The summed E-state index contributed by atoms with van der Waals surface area (Å²) in [5.74, 6) is 0.368. The second-order valence-corrected chi connectivity index (χ2v) is 7.84. The largest absolute Gasteiger partial charge is 0.497 e. The minimum absolute atomic E-state index is 0.274. The number of aromatic nitrogens is 1. The minimum Gasteiger partial charge on any atom is -0.497 e. The van der Waals surface area contributed by atoms with E-state index in [1.807, 2.05) is 12.3 Å². The fourth-order valence-corrected chi connectivity index (χ4v) is 3.37. The highest BCUT2D eigenvalue weighted by Gasteiger charge is 2.21. The zero-order valence-corrected chi connectivity index (χ0v) is 19.0. The molecule has 2 aromatic carbocycles. The molecule has 1 N–H and O–H groups in total. The van der Waals surface area contributed by atoms with Gasteiger partial charge in [-0.3, -0.25) is 4.79 Å². The quantitative estimate of drug-likeness (QED) is 0.481. The van der Waals surface area contributed by atoms with Crippen molar-refractivity contribution in [2.75, 3.05) is 19.5 Å². The molecule has 1 atom stereocenters. The van der Waals surface area contributed by atoms with Gasteiger partial charge in [0.25, 0.3) is 5.91 Å². The number of nitrogens with one attached hydrogen (secondary N) is 1. The van der Waals surface area contributed by atoms with Crippen LogP contribution in [0.5, 0.6) is 17.2 Å². The Kier molecular flexibility index (Phi) is 7.67. The number of anilines is 1. The summed E-state index contributed by atoms with van der Waals surface area (Å²) in [4.78, 5) is 29.5. The van der Waals surface area contributed by atoms with Gasteiger partial charge in [-0.15, -0.1) is 11.3 Å². The summed E-state index contributed by atoms with van der Waals surface area (Å²) >= 11 is 1.54. The number of thiazole rings is 1. The van der Waals surface area contributed by atoms with Crippen LogP contribution >= 0.6 is 11.3 Å². The van der Waals surface area contributed by atoms with Crippen molar-refractivity contribution in [3.05, 3.63) is 64.1 Å². The molecule has 32 heavy (non-hydrogen) atoms. The molecule has 0 aliphatic rings. The van der Waals surface area contributed by atoms with Crippen molar-refractivity contribution < 1.29 is 28.5 Å². The SMILES string of the molecule is COc1ccc(OC)c(NC(=O)C(C)OC(=O)c2cccc(OCc3csc(C)n3)c2)c1. The summed E-state index contributed by atoms with van der Waals surface area (Å²) in [5, 5.41) is 5.57. The Hall–Kier alpha value is -3.59. The number of benzene rings is 2. The summed E-state index contributed by atoms with van der Waals surface area (Å²) in [5.41, 5.74) is 1.50. The van der Waals surface area contributed by atoms with E-state index < -0.39 is 18.0 Å². The lowest BCUT2D eigenvalue weighted by Gasteiger charge is -2.16. The predicted molar refractivity (Wildman–Crippen MR) is 121 cm³/mol. The fraction of sp³-hybridized carbons (Fsp3) is 0.261. The van der Waals surface area contributed by atoms with Crippen molar-refractivity contribution in [2.24, 2.45) is 0 Å². The molecule has 0 fully saturated rings. The molecule has 3 aromatic rings. The van der Waals surface area contributed by atoms with Gasteiger partial charge in [0.1, 0.15) is 23.9 Å². The summed E-state index contributed by atoms with van der Waals surface area (Å²) in [6, 6.07) is 11.6. The molecule has 0 saturated carbocycles. The van der Waals surface area contributed by atoms with Crippen LogP contribution in [0.1, 0.15) is 28.0 Å². The number of esters is 1. The van der Waals surface area contributed by atoms with Gasteiger partial charge in [0.2, 0.25) is 0 Å². The van der Waals surface area contributed by atoms with Crippen molar-refractivity contribution >= 4 is 28.9 Å². The molecule has 0 saturated heterocycles. The van der Waals surface area contributed by atoms with E-state index in [4.69, 9.17) is 18.9 Å². The van der Waals surface area contributed by atoms with Gasteiger partial charge < -0.3 is 24.3 Å². The molecule has 168 valence electrons. The number of carbonyl (C=O) groups excluding carboxylic acids is 2. The molecule has 0 bridgehead atoms. The summed E-state index contributed by atoms with van der Waals surface area (Å²) < 4.78 is 21.5. The monoisotopic (exact) mass is 456 g/mol. The third-order valence-corrected chi connectivity index (χ3v) is 5.26. The number of amides is 1. The number of hydrogen-bond acceptors (Lipinski definition) is 8. The number of hydrogen-bond donors (Lipinski definition) is 1. The van der Waals surface area contributed by atoms with Crippen LogP contribution in [0.3, 0.4) is 0 Å². The Morgan fingerprint density at radius 2 is 1.91 bits per heavy atom. The van der Waals surface area contributed by atoms with Crippen molar-refractivity contribution in [1.82, 2.24) is 4.98 Å². The highest BCUT2D eigenvalue weighted by molar-refractivity contribution is 7.09. The molecule has 9 heteroatoms. The third kappa shape index (κ3) is 5.98. The van der Waals surface area contributed by atoms with E-state index in [0.717, 1.165) is 10.7 Å². The van der Waals surface area contributed by atoms with Crippen LogP contribution in [0.15, 0.2) is 47.8 Å². The normalized spacial score (nSPS) is 11.4. The second-order valence-electron chi connectivity index (χ2n) is 6.78. The maximum absolute atomic E-state index is 12.6. The summed E-state index contributed by atoms with van der Waals surface area (Å²) in [7, 11) is 3.01. The first kappa shape index (κ1) is 23.1. The van der Waals surface area contributed by atoms with E-state index in [9.17, 15) is 9.59 Å². The van der Waals surface area contributed by atoms with Crippen molar-refractivity contribution in [3.8, 4) is 17.2 Å². The molecular formula is C23H24N2O6S. The first-order valence-electron chi connectivity index (χ1n) is 9.77. The van der Waals surface area contributed by atoms with Crippen LogP contribution < -0.4 is 19.5 Å². The van der Waals surface area contributed by atoms with Crippen LogP contribution in [0, 0.1) is 6.92 Å². The van der Waals surface area contributed by atoms with Gasteiger partial charge in [0, 0.05) is 11.4 Å². The van der Waals surface area contributed by atoms with E-state index >= 15 is 0 Å². The molecule has 1 unspecified atom stereocenters. The number of nitrogens with zero attached hydrogens (tertiary/aromatic N) is 1. The van der Waals surface area contributed by atoms with Crippen LogP contribution in [-0.2, 0) is 16.1 Å². The Bertz CT molecular complexity index is 1100. The van der Waals surface area contributed by atoms with E-state index in [0.29, 0.717) is 29.5 Å². The maximum Gasteiger partial charge on any atom is 0.339 e. The summed E-state index contributed by atoms with van der Waals surface area (Å²) in [6.07, 6.45) is -1.04. The number of carbonyl (C=O) groups is 2. The molecule has 1 heterocycles. The van der Waals surface area contributed by atoms with Gasteiger partial charge in [0.15, 0.2) is 6.10 Å². The highest BCUT2D eigenvalue weighted by atomic mass is 32.1. The molecule has 0 radical (unpaired) electrons. The van der Waals surface area contributed by atoms with E-state index in [-0.39, 0.29) is 5.56 Å². The van der Waals surface area contributed by atoms with Crippen LogP contribution in [0.4, 0.5) is 5.69 Å². The number of ether oxygens (including phenoxy) is 4. The maximum atomic E-state index is 12.6. The average molecular weight is 457 g/mol. The van der Waals surface area contributed by atoms with Gasteiger partial charge in [-0.1, -0.05) is 6.07 Å². The van der Waals surface area contributed by atoms with Gasteiger partial charge >= 0.3 is 5.97 Å². The highest BCUT2D eigenvalue weighted by Crippen LogP contribution is 2.29. The molecular weight excluding hydrogens is 432 g/mol. The van der Waals surface area contributed by atoms with Crippen molar-refractivity contribution in [3.63, 3.8) is 0 Å². The zero-order chi connectivity index (χ0) is 23.1. The number of rotatable bonds is 9. The van der Waals surface area contributed by atoms with Crippen LogP contribution in [0.25, 0.3) is 0 Å². The molecule has 3 rings (SSSR count). The molecule has 0 aliphatic heterocycles. The van der Waals surface area contributed by atoms with Crippen LogP contribution in [-0.4, -0.2) is 37.2 Å². The molecule has 8 nitrogen and oxygen atoms in total.